The van der Waals surface area contributed by atoms with Gasteiger partial charge in [-0.05, 0) is 42.0 Å². The van der Waals surface area contributed by atoms with E-state index in [0.29, 0.717) is 0 Å². The molecular weight excluding hydrogens is 255 g/mol. The lowest BCUT2D eigenvalue weighted by atomic mass is 10.2. The minimum atomic E-state index is -0.425. The Hall–Kier alpha value is -2.62. The van der Waals surface area contributed by atoms with Crippen LogP contribution in [-0.2, 0) is 6.61 Å². The van der Waals surface area contributed by atoms with Gasteiger partial charge in [-0.1, -0.05) is 12.1 Å². The number of nitrogens with two attached hydrogens (primary N) is 1. The first kappa shape index (κ1) is 12.4. The Balaban J connectivity index is 1.85. The molecule has 0 saturated heterocycles. The van der Waals surface area contributed by atoms with E-state index in [9.17, 15) is 4.39 Å². The van der Waals surface area contributed by atoms with Crippen molar-refractivity contribution in [3.05, 3.63) is 66.1 Å². The highest BCUT2D eigenvalue weighted by Crippen LogP contribution is 2.24. The number of ether oxygens (including phenoxy) is 1. The van der Waals surface area contributed by atoms with Crippen LogP contribution in [0.1, 0.15) is 5.56 Å². The van der Waals surface area contributed by atoms with Gasteiger partial charge in [-0.15, -0.1) is 0 Å². The van der Waals surface area contributed by atoms with Gasteiger partial charge < -0.3 is 10.5 Å². The average Bonchev–Trinajstić information content (AvgIpc) is 2.48. The molecule has 0 aliphatic heterocycles. The molecular formula is C16H13FN2O. The SMILES string of the molecule is Nc1ccc(COc2cccc3ncccc23)cc1F. The minimum absolute atomic E-state index is 0.142. The maximum atomic E-state index is 13.4. The van der Waals surface area contributed by atoms with E-state index in [-0.39, 0.29) is 12.3 Å². The predicted octanol–water partition coefficient (Wildman–Crippen LogP) is 3.54. The summed E-state index contributed by atoms with van der Waals surface area (Å²) in [7, 11) is 0. The van der Waals surface area contributed by atoms with Crippen molar-refractivity contribution in [2.75, 3.05) is 5.73 Å². The van der Waals surface area contributed by atoms with E-state index < -0.39 is 5.82 Å². The summed E-state index contributed by atoms with van der Waals surface area (Å²) >= 11 is 0. The number of rotatable bonds is 3. The molecule has 0 amide bonds. The molecule has 0 saturated carbocycles. The van der Waals surface area contributed by atoms with Crippen molar-refractivity contribution < 1.29 is 9.13 Å². The first-order valence-electron chi connectivity index (χ1n) is 6.24. The third kappa shape index (κ3) is 2.40. The van der Waals surface area contributed by atoms with Crippen molar-refractivity contribution in [1.82, 2.24) is 4.98 Å². The van der Waals surface area contributed by atoms with Gasteiger partial charge in [-0.3, -0.25) is 4.98 Å². The summed E-state index contributed by atoms with van der Waals surface area (Å²) < 4.78 is 19.1. The fraction of sp³-hybridized carbons (Fsp3) is 0.0625. The van der Waals surface area contributed by atoms with Crippen molar-refractivity contribution in [3.63, 3.8) is 0 Å². The Labute approximate surface area is 115 Å². The van der Waals surface area contributed by atoms with E-state index in [1.54, 1.807) is 18.3 Å². The van der Waals surface area contributed by atoms with Gasteiger partial charge in [0.1, 0.15) is 18.2 Å². The largest absolute Gasteiger partial charge is 0.488 e. The third-order valence-electron chi connectivity index (χ3n) is 3.06. The Kier molecular flexibility index (Phi) is 3.21. The molecule has 0 bridgehead atoms. The van der Waals surface area contributed by atoms with Crippen molar-refractivity contribution >= 4 is 16.6 Å². The maximum Gasteiger partial charge on any atom is 0.146 e. The highest BCUT2D eigenvalue weighted by atomic mass is 19.1. The van der Waals surface area contributed by atoms with Crippen LogP contribution in [0.25, 0.3) is 10.9 Å². The lowest BCUT2D eigenvalue weighted by Gasteiger charge is -2.09. The summed E-state index contributed by atoms with van der Waals surface area (Å²) in [6.45, 7) is 0.283. The molecule has 2 N–H and O–H groups in total. The van der Waals surface area contributed by atoms with Crippen molar-refractivity contribution in [2.24, 2.45) is 0 Å². The molecule has 0 radical (unpaired) electrons. The van der Waals surface area contributed by atoms with Crippen molar-refractivity contribution in [2.45, 2.75) is 6.61 Å². The van der Waals surface area contributed by atoms with Crippen LogP contribution in [0.4, 0.5) is 10.1 Å². The van der Waals surface area contributed by atoms with E-state index in [1.165, 1.54) is 6.07 Å². The van der Waals surface area contributed by atoms with Gasteiger partial charge in [0.05, 0.1) is 11.2 Å². The fourth-order valence-corrected chi connectivity index (χ4v) is 2.02. The van der Waals surface area contributed by atoms with Crippen LogP contribution in [0, 0.1) is 5.82 Å². The number of halogens is 1. The molecule has 100 valence electrons. The molecule has 3 nitrogen and oxygen atoms in total. The molecule has 0 aliphatic rings. The molecule has 4 heteroatoms. The number of hydrogen-bond donors (Lipinski definition) is 1. The average molecular weight is 268 g/mol. The fourth-order valence-electron chi connectivity index (χ4n) is 2.02. The number of hydrogen-bond acceptors (Lipinski definition) is 3. The Morgan fingerprint density at radius 2 is 2.00 bits per heavy atom. The third-order valence-corrected chi connectivity index (χ3v) is 3.06. The second-order valence-electron chi connectivity index (χ2n) is 4.47. The van der Waals surface area contributed by atoms with Crippen LogP contribution in [0.15, 0.2) is 54.7 Å². The number of fused-ring (bicyclic) bond motifs is 1. The second kappa shape index (κ2) is 5.17. The summed E-state index contributed by atoms with van der Waals surface area (Å²) in [5, 5.41) is 0.936. The Morgan fingerprint density at radius 1 is 1.10 bits per heavy atom. The zero-order chi connectivity index (χ0) is 13.9. The topological polar surface area (TPSA) is 48.1 Å². The van der Waals surface area contributed by atoms with Crippen LogP contribution in [0.3, 0.4) is 0 Å². The van der Waals surface area contributed by atoms with E-state index in [0.717, 1.165) is 22.2 Å². The molecule has 0 spiro atoms. The maximum absolute atomic E-state index is 13.4. The van der Waals surface area contributed by atoms with Gasteiger partial charge >= 0.3 is 0 Å². The number of anilines is 1. The molecule has 0 aliphatic carbocycles. The van der Waals surface area contributed by atoms with Gasteiger partial charge in [-0.25, -0.2) is 4.39 Å². The summed E-state index contributed by atoms with van der Waals surface area (Å²) in [6, 6.07) is 14.2. The van der Waals surface area contributed by atoms with E-state index in [2.05, 4.69) is 4.98 Å². The molecule has 0 unspecified atom stereocenters. The highest BCUT2D eigenvalue weighted by Gasteiger charge is 2.04. The molecule has 2 aromatic carbocycles. The van der Waals surface area contributed by atoms with Crippen LogP contribution in [-0.4, -0.2) is 4.98 Å². The number of nitrogen functional groups attached to an aromatic ring is 1. The van der Waals surface area contributed by atoms with E-state index in [1.807, 2.05) is 30.3 Å². The van der Waals surface area contributed by atoms with Gasteiger partial charge in [0.2, 0.25) is 0 Å². The zero-order valence-corrected chi connectivity index (χ0v) is 10.7. The first-order valence-corrected chi connectivity index (χ1v) is 6.24. The van der Waals surface area contributed by atoms with Gasteiger partial charge in [0.15, 0.2) is 0 Å². The smallest absolute Gasteiger partial charge is 0.146 e. The zero-order valence-electron chi connectivity index (χ0n) is 10.7. The standard InChI is InChI=1S/C16H13FN2O/c17-13-9-11(6-7-14(13)18)10-20-16-5-1-4-15-12(16)3-2-8-19-15/h1-9H,10,18H2. The van der Waals surface area contributed by atoms with E-state index in [4.69, 9.17) is 10.5 Å². The number of benzene rings is 2. The Bertz CT molecular complexity index is 753. The number of nitrogens with zero attached hydrogens (tertiary/aromatic N) is 1. The second-order valence-corrected chi connectivity index (χ2v) is 4.47. The summed E-state index contributed by atoms with van der Waals surface area (Å²) in [5.74, 6) is 0.304. The van der Waals surface area contributed by atoms with Crippen LogP contribution >= 0.6 is 0 Å². The predicted molar refractivity (Wildman–Crippen MR) is 76.9 cm³/mol. The molecule has 3 aromatic rings. The lowest BCUT2D eigenvalue weighted by Crippen LogP contribution is -1.98. The summed E-state index contributed by atoms with van der Waals surface area (Å²) in [5.41, 5.74) is 7.19. The summed E-state index contributed by atoms with van der Waals surface area (Å²) in [4.78, 5) is 4.27. The van der Waals surface area contributed by atoms with Crippen molar-refractivity contribution in [3.8, 4) is 5.75 Å². The van der Waals surface area contributed by atoms with Gasteiger partial charge in [-0.2, -0.15) is 0 Å². The lowest BCUT2D eigenvalue weighted by molar-refractivity contribution is 0.309. The number of pyridine rings is 1. The quantitative estimate of drug-likeness (QED) is 0.739. The molecule has 20 heavy (non-hydrogen) atoms. The number of aromatic nitrogens is 1. The van der Waals surface area contributed by atoms with Gasteiger partial charge in [0.25, 0.3) is 0 Å². The monoisotopic (exact) mass is 268 g/mol. The summed E-state index contributed by atoms with van der Waals surface area (Å²) in [6.07, 6.45) is 1.74. The molecule has 3 rings (SSSR count). The molecule has 1 heterocycles. The van der Waals surface area contributed by atoms with Crippen LogP contribution < -0.4 is 10.5 Å². The van der Waals surface area contributed by atoms with Crippen LogP contribution in [0.2, 0.25) is 0 Å². The highest BCUT2D eigenvalue weighted by molar-refractivity contribution is 5.84. The first-order chi connectivity index (χ1) is 9.74. The Morgan fingerprint density at radius 3 is 2.85 bits per heavy atom. The van der Waals surface area contributed by atoms with Gasteiger partial charge in [0, 0.05) is 11.6 Å². The minimum Gasteiger partial charge on any atom is -0.488 e. The molecule has 0 fully saturated rings. The molecule has 1 aromatic heterocycles. The normalized spacial score (nSPS) is 10.7. The molecule has 0 atom stereocenters. The van der Waals surface area contributed by atoms with E-state index >= 15 is 0 Å². The van der Waals surface area contributed by atoms with Crippen LogP contribution in [0.5, 0.6) is 5.75 Å². The van der Waals surface area contributed by atoms with Crippen molar-refractivity contribution in [1.29, 1.82) is 0 Å².